The van der Waals surface area contributed by atoms with Crippen LogP contribution in [0, 0.1) is 6.92 Å². The molecule has 34 heavy (non-hydrogen) atoms. The molecule has 0 radical (unpaired) electrons. The van der Waals surface area contributed by atoms with Gasteiger partial charge in [-0.2, -0.15) is 13.2 Å². The standard InChI is InChI=1S/C23H20F3N5O3/c1-13-2-3-14(22(33)30-17-6-16(8-29-9-17)23(24,25)26)5-20(13)34-19-11-31(12-19)18-4-15(21(27)32)7-28-10-18/h2-10,19H,11-12H2,1H3,(H2,27,32)(H,30,33). The molecule has 1 aromatic carbocycles. The Bertz CT molecular complexity index is 1240. The summed E-state index contributed by atoms with van der Waals surface area (Å²) in [6.07, 6.45) is 0.129. The summed E-state index contributed by atoms with van der Waals surface area (Å²) in [7, 11) is 0. The Balaban J connectivity index is 1.41. The molecule has 2 amide bonds. The van der Waals surface area contributed by atoms with E-state index in [0.717, 1.165) is 23.5 Å². The van der Waals surface area contributed by atoms with Crippen molar-refractivity contribution in [1.82, 2.24) is 9.97 Å². The van der Waals surface area contributed by atoms with Crippen LogP contribution in [-0.2, 0) is 6.18 Å². The molecule has 4 rings (SSSR count). The summed E-state index contributed by atoms with van der Waals surface area (Å²) in [5.74, 6) is -0.659. The fraction of sp³-hybridized carbons (Fsp3) is 0.217. The number of primary amides is 1. The molecule has 0 spiro atoms. The second-order valence-corrected chi connectivity index (χ2v) is 7.84. The maximum atomic E-state index is 12.9. The first-order valence-corrected chi connectivity index (χ1v) is 10.2. The fourth-order valence-corrected chi connectivity index (χ4v) is 3.37. The number of hydrogen-bond acceptors (Lipinski definition) is 6. The highest BCUT2D eigenvalue weighted by Gasteiger charge is 2.31. The van der Waals surface area contributed by atoms with Crippen molar-refractivity contribution >= 4 is 23.2 Å². The number of nitrogens with two attached hydrogens (primary N) is 1. The highest BCUT2D eigenvalue weighted by molar-refractivity contribution is 6.04. The molecule has 11 heteroatoms. The van der Waals surface area contributed by atoms with Gasteiger partial charge in [-0.3, -0.25) is 19.6 Å². The Labute approximate surface area is 192 Å². The molecule has 0 atom stereocenters. The van der Waals surface area contributed by atoms with E-state index >= 15 is 0 Å². The number of anilines is 2. The van der Waals surface area contributed by atoms with Crippen molar-refractivity contribution in [3.8, 4) is 5.75 Å². The molecule has 8 nitrogen and oxygen atoms in total. The molecular formula is C23H20F3N5O3. The van der Waals surface area contributed by atoms with Gasteiger partial charge >= 0.3 is 6.18 Å². The minimum atomic E-state index is -4.56. The number of halogens is 3. The molecule has 3 aromatic rings. The quantitative estimate of drug-likeness (QED) is 0.570. The lowest BCUT2D eigenvalue weighted by molar-refractivity contribution is -0.137. The number of aryl methyl sites for hydroxylation is 1. The number of rotatable bonds is 6. The largest absolute Gasteiger partial charge is 0.486 e. The maximum Gasteiger partial charge on any atom is 0.417 e. The SMILES string of the molecule is Cc1ccc(C(=O)Nc2cncc(C(F)(F)F)c2)cc1OC1CN(c2cncc(C(N)=O)c2)C1. The number of amides is 2. The second-order valence-electron chi connectivity index (χ2n) is 7.84. The van der Waals surface area contributed by atoms with Crippen LogP contribution in [0.25, 0.3) is 0 Å². The van der Waals surface area contributed by atoms with Crippen LogP contribution in [0.4, 0.5) is 24.5 Å². The normalized spacial score (nSPS) is 13.8. The van der Waals surface area contributed by atoms with E-state index < -0.39 is 23.6 Å². The lowest BCUT2D eigenvalue weighted by Gasteiger charge is -2.40. The van der Waals surface area contributed by atoms with Crippen molar-refractivity contribution in [1.29, 1.82) is 0 Å². The van der Waals surface area contributed by atoms with Gasteiger partial charge in [-0.15, -0.1) is 0 Å². The molecule has 3 heterocycles. The number of nitrogens with zero attached hydrogens (tertiary/aromatic N) is 3. The van der Waals surface area contributed by atoms with Crippen molar-refractivity contribution in [2.75, 3.05) is 23.3 Å². The smallest absolute Gasteiger partial charge is 0.417 e. The van der Waals surface area contributed by atoms with Crippen LogP contribution >= 0.6 is 0 Å². The predicted octanol–water partition coefficient (Wildman–Crippen LogP) is 3.42. The molecule has 0 bridgehead atoms. The third kappa shape index (κ3) is 5.08. The molecule has 0 saturated carbocycles. The number of ether oxygens (including phenoxy) is 1. The first-order chi connectivity index (χ1) is 16.1. The number of carbonyl (C=O) groups excluding carboxylic acids is 2. The van der Waals surface area contributed by atoms with Gasteiger partial charge in [0.2, 0.25) is 5.91 Å². The molecule has 1 aliphatic rings. The summed E-state index contributed by atoms with van der Waals surface area (Å²) in [6, 6.07) is 7.29. The Morgan fingerprint density at radius 2 is 1.79 bits per heavy atom. The number of nitrogens with one attached hydrogen (secondary N) is 1. The highest BCUT2D eigenvalue weighted by Crippen LogP contribution is 2.30. The average molecular weight is 471 g/mol. The van der Waals surface area contributed by atoms with E-state index in [2.05, 4.69) is 15.3 Å². The highest BCUT2D eigenvalue weighted by atomic mass is 19.4. The number of alkyl halides is 3. The zero-order chi connectivity index (χ0) is 24.5. The summed E-state index contributed by atoms with van der Waals surface area (Å²) in [5.41, 5.74) is 6.36. The van der Waals surface area contributed by atoms with Crippen molar-refractivity contribution < 1.29 is 27.5 Å². The minimum absolute atomic E-state index is 0.0655. The summed E-state index contributed by atoms with van der Waals surface area (Å²) >= 11 is 0. The molecule has 1 aliphatic heterocycles. The number of aromatic nitrogens is 2. The molecule has 0 unspecified atom stereocenters. The van der Waals surface area contributed by atoms with E-state index in [1.54, 1.807) is 30.5 Å². The first-order valence-electron chi connectivity index (χ1n) is 10.2. The molecular weight excluding hydrogens is 451 g/mol. The number of hydrogen-bond donors (Lipinski definition) is 2. The molecule has 1 saturated heterocycles. The van der Waals surface area contributed by atoms with E-state index in [0.29, 0.717) is 30.6 Å². The number of benzene rings is 1. The van der Waals surface area contributed by atoms with E-state index in [1.165, 1.54) is 6.20 Å². The third-order valence-electron chi connectivity index (χ3n) is 5.29. The summed E-state index contributed by atoms with van der Waals surface area (Å²) < 4.78 is 44.7. The average Bonchev–Trinajstić information content (AvgIpc) is 2.76. The summed E-state index contributed by atoms with van der Waals surface area (Å²) in [5, 5.41) is 2.43. The van der Waals surface area contributed by atoms with Crippen LogP contribution in [0.5, 0.6) is 5.75 Å². The zero-order valence-electron chi connectivity index (χ0n) is 18.0. The Morgan fingerprint density at radius 3 is 2.50 bits per heavy atom. The molecule has 0 aliphatic carbocycles. The van der Waals surface area contributed by atoms with Crippen molar-refractivity contribution in [3.05, 3.63) is 77.4 Å². The molecule has 1 fully saturated rings. The monoisotopic (exact) mass is 471 g/mol. The van der Waals surface area contributed by atoms with Crippen molar-refractivity contribution in [2.24, 2.45) is 5.73 Å². The lowest BCUT2D eigenvalue weighted by atomic mass is 10.1. The van der Waals surface area contributed by atoms with Crippen molar-refractivity contribution in [2.45, 2.75) is 19.2 Å². The fourth-order valence-electron chi connectivity index (χ4n) is 3.37. The van der Waals surface area contributed by atoms with Gasteiger partial charge in [-0.1, -0.05) is 6.07 Å². The number of pyridine rings is 2. The van der Waals surface area contributed by atoms with E-state index in [-0.39, 0.29) is 17.4 Å². The summed E-state index contributed by atoms with van der Waals surface area (Å²) in [4.78, 5) is 33.5. The summed E-state index contributed by atoms with van der Waals surface area (Å²) in [6.45, 7) is 2.90. The first kappa shape index (κ1) is 23.0. The Hall–Kier alpha value is -4.15. The van der Waals surface area contributed by atoms with Gasteiger partial charge in [-0.05, 0) is 36.8 Å². The minimum Gasteiger partial charge on any atom is -0.486 e. The van der Waals surface area contributed by atoms with Crippen LogP contribution in [0.15, 0.2) is 55.1 Å². The van der Waals surface area contributed by atoms with Gasteiger partial charge in [0.05, 0.1) is 48.0 Å². The van der Waals surface area contributed by atoms with Crippen LogP contribution in [-0.4, -0.2) is 41.0 Å². The maximum absolute atomic E-state index is 12.9. The zero-order valence-corrected chi connectivity index (χ0v) is 18.0. The van der Waals surface area contributed by atoms with Crippen LogP contribution < -0.4 is 20.7 Å². The van der Waals surface area contributed by atoms with Gasteiger partial charge in [0.1, 0.15) is 11.9 Å². The third-order valence-corrected chi connectivity index (χ3v) is 5.29. The second kappa shape index (κ2) is 9.00. The van der Waals surface area contributed by atoms with Gasteiger partial charge in [0.15, 0.2) is 0 Å². The van der Waals surface area contributed by atoms with Crippen molar-refractivity contribution in [3.63, 3.8) is 0 Å². The van der Waals surface area contributed by atoms with Gasteiger partial charge < -0.3 is 20.7 Å². The predicted molar refractivity (Wildman–Crippen MR) is 118 cm³/mol. The molecule has 2 aromatic heterocycles. The Morgan fingerprint density at radius 1 is 1.06 bits per heavy atom. The van der Waals surface area contributed by atoms with E-state index in [1.807, 2.05) is 11.8 Å². The van der Waals surface area contributed by atoms with Gasteiger partial charge in [0, 0.05) is 18.0 Å². The van der Waals surface area contributed by atoms with Crippen LogP contribution in [0.2, 0.25) is 0 Å². The lowest BCUT2D eigenvalue weighted by Crippen LogP contribution is -2.54. The molecule has 176 valence electrons. The molecule has 3 N–H and O–H groups in total. The van der Waals surface area contributed by atoms with E-state index in [9.17, 15) is 22.8 Å². The topological polar surface area (TPSA) is 110 Å². The van der Waals surface area contributed by atoms with Gasteiger partial charge in [0.25, 0.3) is 5.91 Å². The van der Waals surface area contributed by atoms with E-state index in [4.69, 9.17) is 10.5 Å². The van der Waals surface area contributed by atoms with Crippen LogP contribution in [0.1, 0.15) is 31.8 Å². The Kier molecular flexibility index (Phi) is 6.10. The van der Waals surface area contributed by atoms with Gasteiger partial charge in [-0.25, -0.2) is 0 Å². The number of carbonyl (C=O) groups is 2. The van der Waals surface area contributed by atoms with Crippen LogP contribution in [0.3, 0.4) is 0 Å².